The van der Waals surface area contributed by atoms with Gasteiger partial charge in [-0.3, -0.25) is 4.79 Å². The maximum absolute atomic E-state index is 12.4. The molecule has 0 N–H and O–H groups in total. The van der Waals surface area contributed by atoms with Crippen molar-refractivity contribution in [1.82, 2.24) is 9.80 Å². The second-order valence-electron chi connectivity index (χ2n) is 5.84. The zero-order valence-electron chi connectivity index (χ0n) is 13.4. The summed E-state index contributed by atoms with van der Waals surface area (Å²) in [7, 11) is -3.29. The van der Waals surface area contributed by atoms with Gasteiger partial charge < -0.3 is 9.80 Å². The van der Waals surface area contributed by atoms with Crippen LogP contribution in [-0.2, 0) is 9.84 Å². The topological polar surface area (TPSA) is 57.7 Å². The SMILES string of the molecule is CCN1CCN(C(=O)c2ccc(S(=O)(=O)C(C)C)cc2)CC1. The third-order valence-electron chi connectivity index (χ3n) is 4.16. The minimum atomic E-state index is -3.29. The van der Waals surface area contributed by atoms with E-state index in [2.05, 4.69) is 11.8 Å². The molecule has 0 unspecified atom stereocenters. The molecule has 0 aromatic heterocycles. The van der Waals surface area contributed by atoms with Gasteiger partial charge >= 0.3 is 0 Å². The van der Waals surface area contributed by atoms with Gasteiger partial charge in [0, 0.05) is 31.7 Å². The second kappa shape index (κ2) is 6.79. The molecule has 1 heterocycles. The van der Waals surface area contributed by atoms with Gasteiger partial charge in [0.05, 0.1) is 10.1 Å². The summed E-state index contributed by atoms with van der Waals surface area (Å²) in [6.07, 6.45) is 0. The zero-order chi connectivity index (χ0) is 16.3. The Bertz CT molecular complexity index is 615. The lowest BCUT2D eigenvalue weighted by Crippen LogP contribution is -2.48. The number of piperazine rings is 1. The first-order valence-corrected chi connectivity index (χ1v) is 9.26. The molecule has 6 heteroatoms. The van der Waals surface area contributed by atoms with Crippen LogP contribution in [0.25, 0.3) is 0 Å². The molecule has 0 spiro atoms. The average Bonchev–Trinajstić information content (AvgIpc) is 2.54. The highest BCUT2D eigenvalue weighted by Crippen LogP contribution is 2.17. The molecule has 2 rings (SSSR count). The van der Waals surface area contributed by atoms with E-state index >= 15 is 0 Å². The first-order chi connectivity index (χ1) is 10.4. The fourth-order valence-electron chi connectivity index (χ4n) is 2.51. The normalized spacial score (nSPS) is 17.0. The Labute approximate surface area is 132 Å². The van der Waals surface area contributed by atoms with E-state index in [1.54, 1.807) is 26.0 Å². The Hall–Kier alpha value is -1.40. The molecule has 1 amide bonds. The quantitative estimate of drug-likeness (QED) is 0.845. The summed E-state index contributed by atoms with van der Waals surface area (Å²) >= 11 is 0. The van der Waals surface area contributed by atoms with Gasteiger partial charge in [-0.25, -0.2) is 8.42 Å². The zero-order valence-corrected chi connectivity index (χ0v) is 14.3. The van der Waals surface area contributed by atoms with Crippen LogP contribution < -0.4 is 0 Å². The van der Waals surface area contributed by atoms with Crippen molar-refractivity contribution in [3.63, 3.8) is 0 Å². The van der Waals surface area contributed by atoms with Gasteiger partial charge in [0.25, 0.3) is 5.91 Å². The molecule has 122 valence electrons. The lowest BCUT2D eigenvalue weighted by Gasteiger charge is -2.34. The fourth-order valence-corrected chi connectivity index (χ4v) is 3.57. The van der Waals surface area contributed by atoms with E-state index < -0.39 is 15.1 Å². The van der Waals surface area contributed by atoms with E-state index in [1.807, 2.05) is 4.90 Å². The number of carbonyl (C=O) groups excluding carboxylic acids is 1. The van der Waals surface area contributed by atoms with Gasteiger partial charge in [0.2, 0.25) is 0 Å². The molecule has 5 nitrogen and oxygen atoms in total. The summed E-state index contributed by atoms with van der Waals surface area (Å²) in [5, 5.41) is -0.462. The van der Waals surface area contributed by atoms with Crippen molar-refractivity contribution in [2.75, 3.05) is 32.7 Å². The predicted octanol–water partition coefficient (Wildman–Crippen LogP) is 1.65. The van der Waals surface area contributed by atoms with E-state index in [0.29, 0.717) is 5.56 Å². The van der Waals surface area contributed by atoms with E-state index in [4.69, 9.17) is 0 Å². The Balaban J connectivity index is 2.09. The Morgan fingerprint density at radius 2 is 1.64 bits per heavy atom. The molecule has 0 atom stereocenters. The minimum Gasteiger partial charge on any atom is -0.336 e. The number of hydrogen-bond donors (Lipinski definition) is 0. The Morgan fingerprint density at radius 1 is 1.09 bits per heavy atom. The van der Waals surface area contributed by atoms with E-state index in [-0.39, 0.29) is 10.8 Å². The van der Waals surface area contributed by atoms with Crippen LogP contribution in [0.4, 0.5) is 0 Å². The maximum atomic E-state index is 12.4. The summed E-state index contributed by atoms with van der Waals surface area (Å²) in [5.74, 6) is -0.0238. The van der Waals surface area contributed by atoms with E-state index in [1.165, 1.54) is 12.1 Å². The number of sulfone groups is 1. The summed E-state index contributed by atoms with van der Waals surface area (Å²) in [6, 6.07) is 6.29. The van der Waals surface area contributed by atoms with Gasteiger partial charge in [-0.2, -0.15) is 0 Å². The molecule has 0 bridgehead atoms. The number of amides is 1. The van der Waals surface area contributed by atoms with Gasteiger partial charge in [0.15, 0.2) is 9.84 Å². The molecule has 0 radical (unpaired) electrons. The van der Waals surface area contributed by atoms with Crippen molar-refractivity contribution in [2.45, 2.75) is 30.9 Å². The highest BCUT2D eigenvalue weighted by atomic mass is 32.2. The number of nitrogens with zero attached hydrogens (tertiary/aromatic N) is 2. The molecule has 1 aromatic rings. The molecule has 1 aliphatic rings. The van der Waals surface area contributed by atoms with Crippen molar-refractivity contribution in [2.24, 2.45) is 0 Å². The fraction of sp³-hybridized carbons (Fsp3) is 0.562. The second-order valence-corrected chi connectivity index (χ2v) is 8.35. The molecular formula is C16H24N2O3S. The number of carbonyl (C=O) groups is 1. The van der Waals surface area contributed by atoms with Crippen LogP contribution >= 0.6 is 0 Å². The van der Waals surface area contributed by atoms with Crippen LogP contribution in [0.1, 0.15) is 31.1 Å². The lowest BCUT2D eigenvalue weighted by atomic mass is 10.2. The van der Waals surface area contributed by atoms with Crippen LogP contribution in [0.2, 0.25) is 0 Å². The molecule has 1 aliphatic heterocycles. The molecule has 1 fully saturated rings. The average molecular weight is 324 g/mol. The smallest absolute Gasteiger partial charge is 0.253 e. The van der Waals surface area contributed by atoms with Gasteiger partial charge in [-0.05, 0) is 44.7 Å². The van der Waals surface area contributed by atoms with Crippen molar-refractivity contribution in [3.05, 3.63) is 29.8 Å². The van der Waals surface area contributed by atoms with Crippen LogP contribution in [0.3, 0.4) is 0 Å². The first-order valence-electron chi connectivity index (χ1n) is 7.72. The molecule has 0 saturated carbocycles. The Kier molecular flexibility index (Phi) is 5.24. The summed E-state index contributed by atoms with van der Waals surface area (Å²) in [4.78, 5) is 16.9. The summed E-state index contributed by atoms with van der Waals surface area (Å²) in [6.45, 7) is 9.65. The largest absolute Gasteiger partial charge is 0.336 e. The number of benzene rings is 1. The Morgan fingerprint density at radius 3 is 2.09 bits per heavy atom. The predicted molar refractivity (Wildman–Crippen MR) is 86.8 cm³/mol. The highest BCUT2D eigenvalue weighted by molar-refractivity contribution is 7.92. The van der Waals surface area contributed by atoms with Crippen LogP contribution in [0.15, 0.2) is 29.2 Å². The monoisotopic (exact) mass is 324 g/mol. The van der Waals surface area contributed by atoms with Crippen LogP contribution in [0.5, 0.6) is 0 Å². The third kappa shape index (κ3) is 3.50. The van der Waals surface area contributed by atoms with Crippen LogP contribution in [0, 0.1) is 0 Å². The number of hydrogen-bond acceptors (Lipinski definition) is 4. The van der Waals surface area contributed by atoms with E-state index in [9.17, 15) is 13.2 Å². The number of likely N-dealkylation sites (N-methyl/N-ethyl adjacent to an activating group) is 1. The van der Waals surface area contributed by atoms with Crippen molar-refractivity contribution >= 4 is 15.7 Å². The first kappa shape index (κ1) is 17.0. The van der Waals surface area contributed by atoms with Gasteiger partial charge in [0.1, 0.15) is 0 Å². The highest BCUT2D eigenvalue weighted by Gasteiger charge is 2.23. The molecule has 0 aliphatic carbocycles. The van der Waals surface area contributed by atoms with Crippen molar-refractivity contribution in [1.29, 1.82) is 0 Å². The summed E-state index contributed by atoms with van der Waals surface area (Å²) in [5.41, 5.74) is 0.549. The minimum absolute atomic E-state index is 0.0238. The van der Waals surface area contributed by atoms with Crippen molar-refractivity contribution in [3.8, 4) is 0 Å². The maximum Gasteiger partial charge on any atom is 0.253 e. The number of rotatable bonds is 4. The standard InChI is InChI=1S/C16H24N2O3S/c1-4-17-9-11-18(12-10-17)16(19)14-5-7-15(8-6-14)22(20,21)13(2)3/h5-8,13H,4,9-12H2,1-3H3. The van der Waals surface area contributed by atoms with Gasteiger partial charge in [-0.15, -0.1) is 0 Å². The summed E-state index contributed by atoms with van der Waals surface area (Å²) < 4.78 is 24.2. The van der Waals surface area contributed by atoms with Crippen molar-refractivity contribution < 1.29 is 13.2 Å². The van der Waals surface area contributed by atoms with Crippen LogP contribution in [-0.4, -0.2) is 62.1 Å². The molecule has 1 aromatic carbocycles. The molecule has 22 heavy (non-hydrogen) atoms. The molecular weight excluding hydrogens is 300 g/mol. The lowest BCUT2D eigenvalue weighted by molar-refractivity contribution is 0.0643. The molecule has 1 saturated heterocycles. The third-order valence-corrected chi connectivity index (χ3v) is 6.33. The van der Waals surface area contributed by atoms with E-state index in [0.717, 1.165) is 32.7 Å². The van der Waals surface area contributed by atoms with Gasteiger partial charge in [-0.1, -0.05) is 6.92 Å².